The van der Waals surface area contributed by atoms with Gasteiger partial charge in [0.15, 0.2) is 0 Å². The summed E-state index contributed by atoms with van der Waals surface area (Å²) < 4.78 is 0. The predicted molar refractivity (Wildman–Crippen MR) is 74.7 cm³/mol. The molecule has 1 aromatic heterocycles. The van der Waals surface area contributed by atoms with Gasteiger partial charge in [0.25, 0.3) is 5.91 Å². The number of pyridine rings is 1. The summed E-state index contributed by atoms with van der Waals surface area (Å²) >= 11 is 0. The molecule has 0 spiro atoms. The lowest BCUT2D eigenvalue weighted by Gasteiger charge is -2.21. The third kappa shape index (κ3) is 3.65. The summed E-state index contributed by atoms with van der Waals surface area (Å²) in [5, 5.41) is 0. The summed E-state index contributed by atoms with van der Waals surface area (Å²) in [6.45, 7) is 3.97. The Hall–Kier alpha value is -1.66. The van der Waals surface area contributed by atoms with Crippen molar-refractivity contribution in [1.82, 2.24) is 14.8 Å². The van der Waals surface area contributed by atoms with Gasteiger partial charge in [-0.25, -0.2) is 4.98 Å². The molecule has 19 heavy (non-hydrogen) atoms. The maximum atomic E-state index is 12.1. The number of likely N-dealkylation sites (N-methyl/N-ethyl adjacent to an activating group) is 1. The molecule has 2 rings (SSSR count). The number of nitrogens with one attached hydrogen (secondary N) is 1. The highest BCUT2D eigenvalue weighted by molar-refractivity contribution is 5.92. The minimum absolute atomic E-state index is 0.0530. The summed E-state index contributed by atoms with van der Waals surface area (Å²) in [6.07, 6.45) is 4.10. The molecule has 6 heteroatoms. The second-order valence-corrected chi connectivity index (χ2v) is 4.85. The quantitative estimate of drug-likeness (QED) is 0.599. The largest absolute Gasteiger partial charge is 0.339 e. The molecule has 1 aromatic rings. The zero-order valence-electron chi connectivity index (χ0n) is 11.3. The van der Waals surface area contributed by atoms with E-state index in [2.05, 4.69) is 15.3 Å². The van der Waals surface area contributed by atoms with Gasteiger partial charge in [-0.15, -0.1) is 0 Å². The van der Waals surface area contributed by atoms with Crippen LogP contribution in [0.25, 0.3) is 0 Å². The minimum Gasteiger partial charge on any atom is -0.339 e. The Morgan fingerprint density at radius 3 is 2.79 bits per heavy atom. The van der Waals surface area contributed by atoms with E-state index in [4.69, 9.17) is 5.84 Å². The summed E-state index contributed by atoms with van der Waals surface area (Å²) in [7, 11) is 1.81. The number of carbonyl (C=O) groups excluding carboxylic acids is 1. The van der Waals surface area contributed by atoms with Crippen LogP contribution in [0.5, 0.6) is 0 Å². The van der Waals surface area contributed by atoms with Crippen LogP contribution in [0, 0.1) is 0 Å². The fraction of sp³-hybridized carbons (Fsp3) is 0.538. The minimum atomic E-state index is -0.0530. The van der Waals surface area contributed by atoms with Gasteiger partial charge in [-0.1, -0.05) is 0 Å². The van der Waals surface area contributed by atoms with Gasteiger partial charge >= 0.3 is 0 Å². The number of rotatable bonds is 5. The van der Waals surface area contributed by atoms with E-state index in [-0.39, 0.29) is 5.91 Å². The molecule has 1 aliphatic rings. The molecule has 0 atom stereocenters. The molecule has 1 fully saturated rings. The first-order chi connectivity index (χ1) is 9.20. The number of nitrogens with zero attached hydrogens (tertiary/aromatic N) is 3. The smallest absolute Gasteiger partial charge is 0.272 e. The van der Waals surface area contributed by atoms with E-state index in [0.717, 1.165) is 26.2 Å². The first kappa shape index (κ1) is 13.8. The van der Waals surface area contributed by atoms with E-state index in [1.54, 1.807) is 23.2 Å². The molecule has 3 N–H and O–H groups in total. The zero-order chi connectivity index (χ0) is 13.7. The van der Waals surface area contributed by atoms with Crippen molar-refractivity contribution < 1.29 is 4.79 Å². The van der Waals surface area contributed by atoms with Crippen LogP contribution in [0.1, 0.15) is 23.3 Å². The van der Waals surface area contributed by atoms with Crippen molar-refractivity contribution in [3.63, 3.8) is 0 Å². The first-order valence-electron chi connectivity index (χ1n) is 6.61. The molecule has 0 unspecified atom stereocenters. The average Bonchev–Trinajstić information content (AvgIpc) is 2.97. The Morgan fingerprint density at radius 1 is 1.47 bits per heavy atom. The lowest BCUT2D eigenvalue weighted by atomic mass is 10.3. The van der Waals surface area contributed by atoms with Crippen molar-refractivity contribution in [3.05, 3.63) is 24.0 Å². The highest BCUT2D eigenvalue weighted by atomic mass is 16.2. The van der Waals surface area contributed by atoms with Gasteiger partial charge in [0.1, 0.15) is 5.69 Å². The predicted octanol–water partition coefficient (Wildman–Crippen LogP) is 0.535. The van der Waals surface area contributed by atoms with Crippen molar-refractivity contribution in [3.8, 4) is 0 Å². The van der Waals surface area contributed by atoms with Gasteiger partial charge in [0, 0.05) is 20.1 Å². The SMILES string of the molecule is CN(CCN1CCCC1)C(=O)c1ccc(NN)cn1. The molecule has 0 saturated carbocycles. The van der Waals surface area contributed by atoms with Crippen LogP contribution in [0.3, 0.4) is 0 Å². The number of anilines is 1. The van der Waals surface area contributed by atoms with E-state index in [0.29, 0.717) is 11.4 Å². The lowest BCUT2D eigenvalue weighted by Crippen LogP contribution is -2.35. The molecule has 1 aliphatic heterocycles. The average molecular weight is 263 g/mol. The number of amides is 1. The molecule has 104 valence electrons. The summed E-state index contributed by atoms with van der Waals surface area (Å²) in [5.74, 6) is 5.21. The van der Waals surface area contributed by atoms with Gasteiger partial charge < -0.3 is 15.2 Å². The van der Waals surface area contributed by atoms with Crippen LogP contribution in [0.4, 0.5) is 5.69 Å². The molecule has 0 bridgehead atoms. The van der Waals surface area contributed by atoms with E-state index in [1.165, 1.54) is 12.8 Å². The van der Waals surface area contributed by atoms with E-state index in [1.807, 2.05) is 7.05 Å². The summed E-state index contributed by atoms with van der Waals surface area (Å²) in [6, 6.07) is 3.43. The van der Waals surface area contributed by atoms with Crippen LogP contribution in [0.2, 0.25) is 0 Å². The van der Waals surface area contributed by atoms with Crippen LogP contribution < -0.4 is 11.3 Å². The van der Waals surface area contributed by atoms with Gasteiger partial charge in [0.05, 0.1) is 11.9 Å². The molecular formula is C13H21N5O. The number of likely N-dealkylation sites (tertiary alicyclic amines) is 1. The Labute approximate surface area is 113 Å². The third-order valence-electron chi connectivity index (χ3n) is 3.45. The number of hydrogen-bond acceptors (Lipinski definition) is 5. The molecule has 6 nitrogen and oxygen atoms in total. The zero-order valence-corrected chi connectivity index (χ0v) is 11.3. The normalized spacial score (nSPS) is 15.5. The van der Waals surface area contributed by atoms with Crippen molar-refractivity contribution in [2.75, 3.05) is 38.7 Å². The second-order valence-electron chi connectivity index (χ2n) is 4.85. The van der Waals surface area contributed by atoms with Crippen molar-refractivity contribution >= 4 is 11.6 Å². The fourth-order valence-corrected chi connectivity index (χ4v) is 2.20. The van der Waals surface area contributed by atoms with Crippen molar-refractivity contribution in [1.29, 1.82) is 0 Å². The maximum absolute atomic E-state index is 12.1. The fourth-order valence-electron chi connectivity index (χ4n) is 2.20. The Kier molecular flexibility index (Phi) is 4.70. The van der Waals surface area contributed by atoms with E-state index >= 15 is 0 Å². The molecule has 0 radical (unpaired) electrons. The Morgan fingerprint density at radius 2 is 2.21 bits per heavy atom. The van der Waals surface area contributed by atoms with Gasteiger partial charge in [-0.2, -0.15) is 0 Å². The number of nitrogens with two attached hydrogens (primary N) is 1. The van der Waals surface area contributed by atoms with Crippen LogP contribution in [-0.2, 0) is 0 Å². The number of hydrazine groups is 1. The second kappa shape index (κ2) is 6.49. The third-order valence-corrected chi connectivity index (χ3v) is 3.45. The van der Waals surface area contributed by atoms with Crippen molar-refractivity contribution in [2.24, 2.45) is 5.84 Å². The van der Waals surface area contributed by atoms with Crippen LogP contribution in [0.15, 0.2) is 18.3 Å². The highest BCUT2D eigenvalue weighted by Crippen LogP contribution is 2.08. The topological polar surface area (TPSA) is 74.5 Å². The molecule has 0 aromatic carbocycles. The molecule has 2 heterocycles. The number of carbonyl (C=O) groups is 1. The molecule has 1 amide bonds. The summed E-state index contributed by atoms with van der Waals surface area (Å²) in [5.41, 5.74) is 3.63. The lowest BCUT2D eigenvalue weighted by molar-refractivity contribution is 0.0776. The number of aromatic nitrogens is 1. The first-order valence-corrected chi connectivity index (χ1v) is 6.61. The number of hydrogen-bond donors (Lipinski definition) is 2. The Balaban J connectivity index is 1.86. The Bertz CT molecular complexity index is 414. The van der Waals surface area contributed by atoms with Crippen molar-refractivity contribution in [2.45, 2.75) is 12.8 Å². The molecule has 0 aliphatic carbocycles. The van der Waals surface area contributed by atoms with Gasteiger partial charge in [-0.05, 0) is 38.1 Å². The number of nitrogen functional groups attached to an aromatic ring is 1. The van der Waals surface area contributed by atoms with E-state index < -0.39 is 0 Å². The molecule has 1 saturated heterocycles. The van der Waals surface area contributed by atoms with Gasteiger partial charge in [0.2, 0.25) is 0 Å². The standard InChI is InChI=1S/C13H21N5O/c1-17(8-9-18-6-2-3-7-18)13(19)12-5-4-11(16-14)10-15-12/h4-5,10,16H,2-3,6-9,14H2,1H3. The monoisotopic (exact) mass is 263 g/mol. The van der Waals surface area contributed by atoms with Crippen LogP contribution >= 0.6 is 0 Å². The molecular weight excluding hydrogens is 242 g/mol. The van der Waals surface area contributed by atoms with E-state index in [9.17, 15) is 4.79 Å². The summed E-state index contributed by atoms with van der Waals surface area (Å²) in [4.78, 5) is 20.4. The maximum Gasteiger partial charge on any atom is 0.272 e. The highest BCUT2D eigenvalue weighted by Gasteiger charge is 2.16. The van der Waals surface area contributed by atoms with Crippen LogP contribution in [-0.4, -0.2) is 53.9 Å². The van der Waals surface area contributed by atoms with Gasteiger partial charge in [-0.3, -0.25) is 10.6 Å².